The van der Waals surface area contributed by atoms with Gasteiger partial charge in [0, 0.05) is 31.9 Å². The van der Waals surface area contributed by atoms with Gasteiger partial charge in [0.1, 0.15) is 5.82 Å². The molecule has 116 valence electrons. The molecule has 0 radical (unpaired) electrons. The molecule has 1 aromatic heterocycles. The van der Waals surface area contributed by atoms with E-state index in [9.17, 15) is 0 Å². The highest BCUT2D eigenvalue weighted by atomic mass is 15.2. The summed E-state index contributed by atoms with van der Waals surface area (Å²) in [5.41, 5.74) is 2.96. The number of unbranched alkanes of at least 4 members (excludes halogenated alkanes) is 6. The zero-order chi connectivity index (χ0) is 14.6. The van der Waals surface area contributed by atoms with Crippen LogP contribution in [0.4, 0.5) is 0 Å². The van der Waals surface area contributed by atoms with Crippen LogP contribution in [-0.4, -0.2) is 15.6 Å². The number of hydrogen-bond acceptors (Lipinski definition) is 3. The van der Waals surface area contributed by atoms with E-state index in [0.717, 1.165) is 18.7 Å². The van der Waals surface area contributed by atoms with Crippen molar-refractivity contribution in [3.63, 3.8) is 0 Å². The van der Waals surface area contributed by atoms with Crippen molar-refractivity contribution in [1.29, 1.82) is 0 Å². The van der Waals surface area contributed by atoms with Crippen LogP contribution in [0.2, 0.25) is 0 Å². The molecule has 0 bridgehead atoms. The highest BCUT2D eigenvalue weighted by Gasteiger charge is 2.08. The van der Waals surface area contributed by atoms with Crippen LogP contribution in [0, 0.1) is 0 Å². The van der Waals surface area contributed by atoms with Crippen molar-refractivity contribution in [3.8, 4) is 0 Å². The number of hydrazine groups is 1. The lowest BCUT2D eigenvalue weighted by Crippen LogP contribution is -2.35. The average Bonchev–Trinajstić information content (AvgIpc) is 2.86. The van der Waals surface area contributed by atoms with E-state index in [-0.39, 0.29) is 0 Å². The molecule has 20 heavy (non-hydrogen) atoms. The van der Waals surface area contributed by atoms with Crippen molar-refractivity contribution in [2.24, 2.45) is 12.9 Å². The second-order valence-electron chi connectivity index (χ2n) is 5.77. The van der Waals surface area contributed by atoms with Crippen LogP contribution in [0.15, 0.2) is 12.4 Å². The van der Waals surface area contributed by atoms with Crippen LogP contribution in [0.5, 0.6) is 0 Å². The molecular weight excluding hydrogens is 248 g/mol. The van der Waals surface area contributed by atoms with Gasteiger partial charge in [-0.2, -0.15) is 0 Å². The quantitative estimate of drug-likeness (QED) is 0.351. The van der Waals surface area contributed by atoms with Crippen molar-refractivity contribution in [2.75, 3.05) is 0 Å². The normalized spacial score (nSPS) is 12.8. The van der Waals surface area contributed by atoms with Crippen molar-refractivity contribution in [3.05, 3.63) is 18.2 Å². The molecule has 4 nitrogen and oxygen atoms in total. The van der Waals surface area contributed by atoms with Gasteiger partial charge in [-0.3, -0.25) is 11.3 Å². The third kappa shape index (κ3) is 7.06. The maximum Gasteiger partial charge on any atom is 0.108 e. The van der Waals surface area contributed by atoms with Gasteiger partial charge in [-0.25, -0.2) is 4.98 Å². The summed E-state index contributed by atoms with van der Waals surface area (Å²) in [6, 6.07) is 0.419. The first-order valence-electron chi connectivity index (χ1n) is 8.20. The van der Waals surface area contributed by atoms with E-state index in [1.807, 2.05) is 19.4 Å². The van der Waals surface area contributed by atoms with Crippen LogP contribution < -0.4 is 11.3 Å². The van der Waals surface area contributed by atoms with E-state index in [0.29, 0.717) is 6.04 Å². The van der Waals surface area contributed by atoms with Crippen molar-refractivity contribution in [1.82, 2.24) is 15.0 Å². The predicted octanol–water partition coefficient (Wildman–Crippen LogP) is 3.33. The minimum atomic E-state index is 0.419. The lowest BCUT2D eigenvalue weighted by atomic mass is 10.0. The molecule has 0 spiro atoms. The molecule has 0 aliphatic heterocycles. The summed E-state index contributed by atoms with van der Waals surface area (Å²) in [4.78, 5) is 4.35. The standard InChI is InChI=1S/C16H32N4/c1-3-4-5-6-7-8-9-10-15(19-17)11-12-16-18-13-14-20(16)2/h13-15,19H,3-12,17H2,1-2H3. The third-order valence-electron chi connectivity index (χ3n) is 4.03. The molecule has 0 aromatic carbocycles. The van der Waals surface area contributed by atoms with E-state index < -0.39 is 0 Å². The van der Waals surface area contributed by atoms with Gasteiger partial charge in [0.25, 0.3) is 0 Å². The molecule has 0 fully saturated rings. The van der Waals surface area contributed by atoms with E-state index in [2.05, 4.69) is 21.9 Å². The summed E-state index contributed by atoms with van der Waals surface area (Å²) in [6.45, 7) is 2.26. The Hall–Kier alpha value is -0.870. The molecule has 0 aliphatic rings. The molecule has 4 heteroatoms. The van der Waals surface area contributed by atoms with Crippen molar-refractivity contribution < 1.29 is 0 Å². The highest BCUT2D eigenvalue weighted by Crippen LogP contribution is 2.12. The first-order chi connectivity index (χ1) is 9.77. The van der Waals surface area contributed by atoms with Crippen LogP contribution in [0.3, 0.4) is 0 Å². The Labute approximate surface area is 124 Å². The van der Waals surface area contributed by atoms with Crippen molar-refractivity contribution in [2.45, 2.75) is 77.2 Å². The SMILES string of the molecule is CCCCCCCCCC(CCc1nccn1C)NN. The molecule has 0 amide bonds. The van der Waals surface area contributed by atoms with Crippen molar-refractivity contribution >= 4 is 0 Å². The first kappa shape index (κ1) is 17.2. The minimum Gasteiger partial charge on any atom is -0.338 e. The lowest BCUT2D eigenvalue weighted by molar-refractivity contribution is 0.433. The fraction of sp³-hybridized carbons (Fsp3) is 0.812. The second-order valence-corrected chi connectivity index (χ2v) is 5.77. The number of nitrogens with two attached hydrogens (primary N) is 1. The fourth-order valence-corrected chi connectivity index (χ4v) is 2.60. The monoisotopic (exact) mass is 280 g/mol. The second kappa shape index (κ2) is 10.9. The van der Waals surface area contributed by atoms with E-state index in [1.54, 1.807) is 0 Å². The molecule has 0 saturated heterocycles. The third-order valence-corrected chi connectivity index (χ3v) is 4.03. The van der Waals surface area contributed by atoms with E-state index in [4.69, 9.17) is 5.84 Å². The van der Waals surface area contributed by atoms with Crippen LogP contribution >= 0.6 is 0 Å². The van der Waals surface area contributed by atoms with E-state index >= 15 is 0 Å². The number of nitrogens with zero attached hydrogens (tertiary/aromatic N) is 2. The summed E-state index contributed by atoms with van der Waals surface area (Å²) < 4.78 is 2.08. The van der Waals surface area contributed by atoms with Gasteiger partial charge in [-0.15, -0.1) is 0 Å². The Morgan fingerprint density at radius 3 is 2.45 bits per heavy atom. The Bertz CT molecular complexity index is 335. The maximum atomic E-state index is 5.65. The highest BCUT2D eigenvalue weighted by molar-refractivity contribution is 4.91. The summed E-state index contributed by atoms with van der Waals surface area (Å²) >= 11 is 0. The summed E-state index contributed by atoms with van der Waals surface area (Å²) in [5, 5.41) is 0. The largest absolute Gasteiger partial charge is 0.338 e. The summed E-state index contributed by atoms with van der Waals surface area (Å²) in [7, 11) is 2.05. The Kier molecular flexibility index (Phi) is 9.33. The number of aryl methyl sites for hydroxylation is 2. The Morgan fingerprint density at radius 1 is 1.15 bits per heavy atom. The zero-order valence-corrected chi connectivity index (χ0v) is 13.3. The molecule has 3 N–H and O–H groups in total. The van der Waals surface area contributed by atoms with Gasteiger partial charge >= 0.3 is 0 Å². The van der Waals surface area contributed by atoms with Gasteiger partial charge in [0.2, 0.25) is 0 Å². The number of nitrogens with one attached hydrogen (secondary N) is 1. The van der Waals surface area contributed by atoms with Gasteiger partial charge in [-0.05, 0) is 12.8 Å². The Balaban J connectivity index is 2.06. The molecule has 0 aliphatic carbocycles. The summed E-state index contributed by atoms with van der Waals surface area (Å²) in [5.74, 6) is 6.80. The Morgan fingerprint density at radius 2 is 1.85 bits per heavy atom. The molecule has 1 rings (SSSR count). The van der Waals surface area contributed by atoms with Gasteiger partial charge < -0.3 is 4.57 Å². The van der Waals surface area contributed by atoms with Gasteiger partial charge in [0.05, 0.1) is 0 Å². The molecule has 1 unspecified atom stereocenters. The molecule has 1 atom stereocenters. The molecule has 1 heterocycles. The smallest absolute Gasteiger partial charge is 0.108 e. The molecule has 0 saturated carbocycles. The molecular formula is C16H32N4. The first-order valence-corrected chi connectivity index (χ1v) is 8.20. The van der Waals surface area contributed by atoms with Gasteiger partial charge in [-0.1, -0.05) is 51.9 Å². The number of aromatic nitrogens is 2. The van der Waals surface area contributed by atoms with Crippen LogP contribution in [-0.2, 0) is 13.5 Å². The lowest BCUT2D eigenvalue weighted by Gasteiger charge is -2.15. The predicted molar refractivity (Wildman–Crippen MR) is 85.3 cm³/mol. The maximum absolute atomic E-state index is 5.65. The average molecular weight is 280 g/mol. The minimum absolute atomic E-state index is 0.419. The number of rotatable bonds is 12. The van der Waals surface area contributed by atoms with Crippen LogP contribution in [0.1, 0.15) is 70.5 Å². The van der Waals surface area contributed by atoms with Gasteiger partial charge in [0.15, 0.2) is 0 Å². The summed E-state index contributed by atoms with van der Waals surface area (Å²) in [6.07, 6.45) is 16.6. The zero-order valence-electron chi connectivity index (χ0n) is 13.3. The number of hydrogen-bond donors (Lipinski definition) is 2. The van der Waals surface area contributed by atoms with E-state index in [1.165, 1.54) is 51.4 Å². The number of imidazole rings is 1. The molecule has 1 aromatic rings. The van der Waals surface area contributed by atoms with Crippen LogP contribution in [0.25, 0.3) is 0 Å². The topological polar surface area (TPSA) is 55.9 Å². The fourth-order valence-electron chi connectivity index (χ4n) is 2.60.